The number of phenolic OH excluding ortho intramolecular Hbond substituents is 2. The number of aldehydes is 1. The Morgan fingerprint density at radius 3 is 1.54 bits per heavy atom. The fourth-order valence-electron chi connectivity index (χ4n) is 3.33. The number of benzene rings is 4. The Labute approximate surface area is 232 Å². The van der Waals surface area contributed by atoms with Gasteiger partial charge in [0.25, 0.3) is 0 Å². The van der Waals surface area contributed by atoms with E-state index in [4.69, 9.17) is 5.73 Å². The first-order chi connectivity index (χ1) is 18.3. The molecule has 0 aliphatic carbocycles. The lowest BCUT2D eigenvalue weighted by atomic mass is 9.87. The number of aromatic hydroxyl groups is 2. The summed E-state index contributed by atoms with van der Waals surface area (Å²) >= 11 is 0. The summed E-state index contributed by atoms with van der Waals surface area (Å²) < 4.78 is 0. The van der Waals surface area contributed by atoms with Gasteiger partial charge in [-0.3, -0.25) is 9.79 Å². The van der Waals surface area contributed by atoms with Crippen LogP contribution in [-0.4, -0.2) is 22.7 Å². The van der Waals surface area contributed by atoms with E-state index in [2.05, 4.69) is 46.5 Å². The van der Waals surface area contributed by atoms with Gasteiger partial charge in [0.05, 0.1) is 5.69 Å². The van der Waals surface area contributed by atoms with Gasteiger partial charge in [-0.05, 0) is 51.8 Å². The van der Waals surface area contributed by atoms with E-state index in [-0.39, 0.29) is 22.3 Å². The number of aliphatic imine (C=N–C) groups is 1. The first kappa shape index (κ1) is 30.8. The van der Waals surface area contributed by atoms with Gasteiger partial charge in [0.1, 0.15) is 23.5 Å². The molecule has 4 rings (SSSR count). The molecular weight excluding hydrogens is 484 g/mol. The van der Waals surface area contributed by atoms with Crippen LogP contribution in [0.5, 0.6) is 11.5 Å². The van der Waals surface area contributed by atoms with Crippen molar-refractivity contribution in [2.75, 3.05) is 5.73 Å². The number of nitrogens with zero attached hydrogens (tertiary/aromatic N) is 1. The molecule has 4 aromatic rings. The van der Waals surface area contributed by atoms with E-state index in [0.717, 1.165) is 28.5 Å². The quantitative estimate of drug-likeness (QED) is 0.109. The second-order valence-electron chi connectivity index (χ2n) is 11.2. The van der Waals surface area contributed by atoms with Crippen molar-refractivity contribution in [2.45, 2.75) is 52.4 Å². The molecule has 0 bridgehead atoms. The van der Waals surface area contributed by atoms with Crippen LogP contribution in [0.4, 0.5) is 11.4 Å². The highest BCUT2D eigenvalue weighted by molar-refractivity contribution is 5.82. The van der Waals surface area contributed by atoms with E-state index in [1.54, 1.807) is 30.5 Å². The van der Waals surface area contributed by atoms with E-state index >= 15 is 0 Å². The average Bonchev–Trinajstić information content (AvgIpc) is 2.90. The summed E-state index contributed by atoms with van der Waals surface area (Å²) in [7, 11) is 0. The van der Waals surface area contributed by atoms with E-state index in [9.17, 15) is 15.0 Å². The molecule has 0 aromatic heterocycles. The third-order valence-corrected chi connectivity index (χ3v) is 5.82. The maximum Gasteiger partial charge on any atom is 0.150 e. The molecule has 0 fully saturated rings. The summed E-state index contributed by atoms with van der Waals surface area (Å²) in [6.07, 6.45) is 2.60. The lowest BCUT2D eigenvalue weighted by molar-refractivity contribution is 0.112. The maximum absolute atomic E-state index is 10.0. The minimum atomic E-state index is 0.0463. The third-order valence-electron chi connectivity index (χ3n) is 5.82. The number of carbonyl (C=O) groups is 1. The van der Waals surface area contributed by atoms with Gasteiger partial charge >= 0.3 is 0 Å². The van der Waals surface area contributed by atoms with Crippen LogP contribution in [0, 0.1) is 0 Å². The van der Waals surface area contributed by atoms with E-state index in [1.807, 2.05) is 72.8 Å². The van der Waals surface area contributed by atoms with Crippen molar-refractivity contribution in [1.82, 2.24) is 0 Å². The van der Waals surface area contributed by atoms with E-state index < -0.39 is 0 Å². The average molecular weight is 525 g/mol. The van der Waals surface area contributed by atoms with Crippen molar-refractivity contribution in [3.63, 3.8) is 0 Å². The van der Waals surface area contributed by atoms with Gasteiger partial charge < -0.3 is 15.9 Å². The standard InChI is InChI=1S/C17H19NO.C10H15NO.C7H6O/c1-17(2,3)14-9-10-16(19)15(11-14)18-12-13-7-5-4-6-8-13;1-10(2,3)7-4-5-9(12)8(11)6-7;8-6-7-4-2-1-3-5-7/h4-12,19H,1-3H3;4-6,12H,11H2,1-3H3;1-6H. The van der Waals surface area contributed by atoms with E-state index in [1.165, 1.54) is 0 Å². The molecule has 0 amide bonds. The van der Waals surface area contributed by atoms with Crippen LogP contribution in [0.2, 0.25) is 0 Å². The van der Waals surface area contributed by atoms with Gasteiger partial charge in [0, 0.05) is 11.8 Å². The molecule has 0 aliphatic rings. The zero-order valence-electron chi connectivity index (χ0n) is 23.7. The first-order valence-corrected chi connectivity index (χ1v) is 12.8. The lowest BCUT2D eigenvalue weighted by Gasteiger charge is -2.19. The highest BCUT2D eigenvalue weighted by Gasteiger charge is 2.15. The number of rotatable bonds is 3. The fourth-order valence-corrected chi connectivity index (χ4v) is 3.33. The second kappa shape index (κ2) is 14.0. The molecule has 0 unspecified atom stereocenters. The first-order valence-electron chi connectivity index (χ1n) is 12.8. The number of nitrogens with two attached hydrogens (primary N) is 1. The van der Waals surface area contributed by atoms with Crippen molar-refractivity contribution in [3.05, 3.63) is 119 Å². The number of carbonyl (C=O) groups excluding carboxylic acids is 1. The number of hydrogen-bond acceptors (Lipinski definition) is 5. The molecule has 0 spiro atoms. The molecule has 4 aromatic carbocycles. The summed E-state index contributed by atoms with van der Waals surface area (Å²) in [6.45, 7) is 12.8. The minimum absolute atomic E-state index is 0.0463. The van der Waals surface area contributed by atoms with Crippen LogP contribution in [0.25, 0.3) is 0 Å². The molecule has 4 N–H and O–H groups in total. The molecule has 5 heteroatoms. The van der Waals surface area contributed by atoms with Crippen LogP contribution < -0.4 is 5.73 Å². The second-order valence-corrected chi connectivity index (χ2v) is 11.2. The largest absolute Gasteiger partial charge is 0.506 e. The predicted molar refractivity (Wildman–Crippen MR) is 164 cm³/mol. The van der Waals surface area contributed by atoms with Crippen LogP contribution in [0.1, 0.15) is 68.6 Å². The Hall–Kier alpha value is -4.38. The fraction of sp³-hybridized carbons (Fsp3) is 0.235. The molecule has 0 radical (unpaired) electrons. The lowest BCUT2D eigenvalue weighted by Crippen LogP contribution is -2.11. The van der Waals surface area contributed by atoms with Crippen LogP contribution in [0.15, 0.2) is 102 Å². The Kier molecular flexibility index (Phi) is 11.0. The van der Waals surface area contributed by atoms with Gasteiger partial charge in [0.15, 0.2) is 0 Å². The van der Waals surface area contributed by atoms with Crippen LogP contribution >= 0.6 is 0 Å². The Balaban J connectivity index is 0.000000227. The molecule has 5 nitrogen and oxygen atoms in total. The monoisotopic (exact) mass is 524 g/mol. The topological polar surface area (TPSA) is 95.9 Å². The highest BCUT2D eigenvalue weighted by Crippen LogP contribution is 2.32. The molecule has 39 heavy (non-hydrogen) atoms. The highest BCUT2D eigenvalue weighted by atomic mass is 16.3. The zero-order valence-corrected chi connectivity index (χ0v) is 23.7. The van der Waals surface area contributed by atoms with Crippen LogP contribution in [-0.2, 0) is 10.8 Å². The van der Waals surface area contributed by atoms with Gasteiger partial charge in [-0.15, -0.1) is 0 Å². The number of phenols is 2. The summed E-state index contributed by atoms with van der Waals surface area (Å²) in [4.78, 5) is 14.4. The van der Waals surface area contributed by atoms with Gasteiger partial charge in [-0.2, -0.15) is 0 Å². The van der Waals surface area contributed by atoms with Crippen molar-refractivity contribution in [2.24, 2.45) is 4.99 Å². The molecule has 0 heterocycles. The third kappa shape index (κ3) is 10.5. The number of anilines is 1. The smallest absolute Gasteiger partial charge is 0.150 e. The SMILES string of the molecule is CC(C)(C)c1ccc(O)c(N)c1.CC(C)(C)c1ccc(O)c(N=Cc2ccccc2)c1.O=Cc1ccccc1. The minimum Gasteiger partial charge on any atom is -0.506 e. The molecule has 0 saturated heterocycles. The predicted octanol–water partition coefficient (Wildman–Crippen LogP) is 8.21. The van der Waals surface area contributed by atoms with Crippen molar-refractivity contribution < 1.29 is 15.0 Å². The summed E-state index contributed by atoms with van der Waals surface area (Å²) in [5.74, 6) is 0.364. The summed E-state index contributed by atoms with van der Waals surface area (Å²) in [5.41, 5.74) is 10.8. The van der Waals surface area contributed by atoms with Gasteiger partial charge in [-0.1, -0.05) is 114 Å². The number of hydrogen-bond donors (Lipinski definition) is 3. The molecular formula is C34H40N2O3. The van der Waals surface area contributed by atoms with Crippen molar-refractivity contribution in [3.8, 4) is 11.5 Å². The summed E-state index contributed by atoms with van der Waals surface area (Å²) in [6, 6.07) is 29.9. The molecule has 204 valence electrons. The van der Waals surface area contributed by atoms with Gasteiger partial charge in [-0.25, -0.2) is 0 Å². The maximum atomic E-state index is 10.0. The Morgan fingerprint density at radius 1 is 0.641 bits per heavy atom. The normalized spacial score (nSPS) is 11.1. The molecule has 0 saturated carbocycles. The summed E-state index contributed by atoms with van der Waals surface area (Å²) in [5, 5.41) is 19.0. The van der Waals surface area contributed by atoms with E-state index in [0.29, 0.717) is 11.4 Å². The van der Waals surface area contributed by atoms with Crippen molar-refractivity contribution in [1.29, 1.82) is 0 Å². The zero-order chi connectivity index (χ0) is 29.1. The Morgan fingerprint density at radius 2 is 1.10 bits per heavy atom. The molecule has 0 aliphatic heterocycles. The Bertz CT molecular complexity index is 1350. The van der Waals surface area contributed by atoms with Crippen molar-refractivity contribution >= 4 is 23.9 Å². The van der Waals surface area contributed by atoms with Gasteiger partial charge in [0.2, 0.25) is 0 Å². The van der Waals surface area contributed by atoms with Crippen LogP contribution in [0.3, 0.4) is 0 Å². The molecule has 0 atom stereocenters. The number of nitrogen functional groups attached to an aromatic ring is 1.